The Kier molecular flexibility index (Phi) is 8.36. The Bertz CT molecular complexity index is 1160. The molecule has 3 aromatic rings. The van der Waals surface area contributed by atoms with Gasteiger partial charge < -0.3 is 4.74 Å². The Hall–Kier alpha value is -2.59. The molecule has 0 spiro atoms. The zero-order chi connectivity index (χ0) is 24.1. The van der Waals surface area contributed by atoms with E-state index in [1.807, 2.05) is 53.6 Å². The number of esters is 1. The fourth-order valence-electron chi connectivity index (χ4n) is 3.31. The minimum Gasteiger partial charge on any atom is -0.468 e. The van der Waals surface area contributed by atoms with Crippen LogP contribution in [0.5, 0.6) is 0 Å². The molecule has 0 N–H and O–H groups in total. The molecule has 0 fully saturated rings. The lowest BCUT2D eigenvalue weighted by Gasteiger charge is -2.21. The van der Waals surface area contributed by atoms with Crippen molar-refractivity contribution in [1.29, 1.82) is 0 Å². The molecule has 1 atom stereocenters. The highest BCUT2D eigenvalue weighted by molar-refractivity contribution is 7.71. The van der Waals surface area contributed by atoms with Gasteiger partial charge in [0.2, 0.25) is 4.77 Å². The molecule has 1 heterocycles. The van der Waals surface area contributed by atoms with Crippen molar-refractivity contribution < 1.29 is 13.9 Å². The molecule has 0 aliphatic heterocycles. The van der Waals surface area contributed by atoms with Crippen LogP contribution in [-0.2, 0) is 22.7 Å². The highest BCUT2D eigenvalue weighted by Crippen LogP contribution is 2.23. The SMILES string of the molecule is COC(=O)CN(Cc1ccccc1Cl)Cn1nc(C(C)N(C)C)n(-c2ccc(F)cc2)c1=S. The Labute approximate surface area is 202 Å². The number of ether oxygens (including phenoxy) is 1. The van der Waals surface area contributed by atoms with Gasteiger partial charge >= 0.3 is 5.97 Å². The minimum absolute atomic E-state index is 0.0332. The first-order valence-corrected chi connectivity index (χ1v) is 11.1. The van der Waals surface area contributed by atoms with Crippen LogP contribution in [-0.4, -0.2) is 57.9 Å². The van der Waals surface area contributed by atoms with Crippen LogP contribution in [0.2, 0.25) is 5.02 Å². The topological polar surface area (TPSA) is 55.5 Å². The standard InChI is InChI=1S/C23H27ClFN5O2S/c1-16(27(2)3)22-26-29(23(33)30(22)19-11-9-18(25)10-12-19)15-28(14-21(31)32-4)13-17-7-5-6-8-20(17)24/h5-12,16H,13-15H2,1-4H3. The third-order valence-electron chi connectivity index (χ3n) is 5.36. The molecule has 0 saturated carbocycles. The van der Waals surface area contributed by atoms with Gasteiger partial charge in [-0.3, -0.25) is 19.2 Å². The van der Waals surface area contributed by atoms with Gasteiger partial charge in [0.25, 0.3) is 0 Å². The molecular formula is C23H27ClFN5O2S. The lowest BCUT2D eigenvalue weighted by molar-refractivity contribution is -0.142. The Balaban J connectivity index is 2.02. The van der Waals surface area contributed by atoms with E-state index in [0.717, 1.165) is 5.56 Å². The molecule has 0 aliphatic rings. The van der Waals surface area contributed by atoms with Crippen LogP contribution in [0.15, 0.2) is 48.5 Å². The van der Waals surface area contributed by atoms with Crippen LogP contribution in [0.1, 0.15) is 24.4 Å². The summed E-state index contributed by atoms with van der Waals surface area (Å²) in [5.74, 6) is -0.00958. The zero-order valence-corrected chi connectivity index (χ0v) is 20.6. The lowest BCUT2D eigenvalue weighted by Crippen LogP contribution is -2.32. The number of rotatable bonds is 9. The predicted molar refractivity (Wildman–Crippen MR) is 128 cm³/mol. The molecule has 0 radical (unpaired) electrons. The first-order valence-electron chi connectivity index (χ1n) is 10.4. The van der Waals surface area contributed by atoms with Gasteiger partial charge in [0, 0.05) is 17.3 Å². The van der Waals surface area contributed by atoms with E-state index in [0.29, 0.717) is 27.9 Å². The predicted octanol–water partition coefficient (Wildman–Crippen LogP) is 4.45. The molecule has 176 valence electrons. The Morgan fingerprint density at radius 3 is 2.48 bits per heavy atom. The second kappa shape index (κ2) is 11.0. The Morgan fingerprint density at radius 1 is 1.21 bits per heavy atom. The van der Waals surface area contributed by atoms with Gasteiger partial charge in [0.05, 0.1) is 26.4 Å². The van der Waals surface area contributed by atoms with Gasteiger partial charge in [-0.25, -0.2) is 9.07 Å². The third kappa shape index (κ3) is 6.05. The van der Waals surface area contributed by atoms with Crippen LogP contribution in [0.3, 0.4) is 0 Å². The van der Waals surface area contributed by atoms with E-state index < -0.39 is 0 Å². The minimum atomic E-state index is -0.381. The number of hydrogen-bond donors (Lipinski definition) is 0. The number of methoxy groups -OCH3 is 1. The maximum atomic E-state index is 13.5. The molecule has 3 rings (SSSR count). The van der Waals surface area contributed by atoms with E-state index in [1.165, 1.54) is 19.2 Å². The van der Waals surface area contributed by atoms with Crippen LogP contribution < -0.4 is 0 Å². The van der Waals surface area contributed by atoms with E-state index in [-0.39, 0.29) is 31.0 Å². The number of aromatic nitrogens is 3. The normalized spacial score (nSPS) is 12.4. The van der Waals surface area contributed by atoms with E-state index in [4.69, 9.17) is 33.7 Å². The van der Waals surface area contributed by atoms with Gasteiger partial charge in [-0.2, -0.15) is 5.10 Å². The van der Waals surface area contributed by atoms with Crippen molar-refractivity contribution in [1.82, 2.24) is 24.1 Å². The van der Waals surface area contributed by atoms with Crippen molar-refractivity contribution in [2.45, 2.75) is 26.2 Å². The monoisotopic (exact) mass is 491 g/mol. The van der Waals surface area contributed by atoms with Gasteiger partial charge in [0.15, 0.2) is 5.82 Å². The first-order chi connectivity index (χ1) is 15.7. The van der Waals surface area contributed by atoms with Crippen LogP contribution in [0.25, 0.3) is 5.69 Å². The molecular weight excluding hydrogens is 465 g/mol. The lowest BCUT2D eigenvalue weighted by atomic mass is 10.2. The van der Waals surface area contributed by atoms with Crippen LogP contribution in [0.4, 0.5) is 4.39 Å². The van der Waals surface area contributed by atoms with E-state index in [1.54, 1.807) is 22.9 Å². The molecule has 10 heteroatoms. The summed E-state index contributed by atoms with van der Waals surface area (Å²) in [6.07, 6.45) is 0. The summed E-state index contributed by atoms with van der Waals surface area (Å²) in [6.45, 7) is 2.68. The van der Waals surface area contributed by atoms with E-state index in [2.05, 4.69) is 0 Å². The zero-order valence-electron chi connectivity index (χ0n) is 19.0. The summed E-state index contributed by atoms with van der Waals surface area (Å²) in [5.41, 5.74) is 1.58. The second-order valence-electron chi connectivity index (χ2n) is 7.89. The number of hydrogen-bond acceptors (Lipinski definition) is 6. The maximum Gasteiger partial charge on any atom is 0.319 e. The van der Waals surface area contributed by atoms with Gasteiger partial charge in [-0.1, -0.05) is 29.8 Å². The van der Waals surface area contributed by atoms with Gasteiger partial charge in [0.1, 0.15) is 5.82 Å². The molecule has 0 amide bonds. The summed E-state index contributed by atoms with van der Waals surface area (Å²) in [4.78, 5) is 16.0. The van der Waals surface area contributed by atoms with Crippen LogP contribution >= 0.6 is 23.8 Å². The summed E-state index contributed by atoms with van der Waals surface area (Å²) in [5, 5.41) is 5.39. The molecule has 33 heavy (non-hydrogen) atoms. The molecule has 7 nitrogen and oxygen atoms in total. The fourth-order valence-corrected chi connectivity index (χ4v) is 3.80. The van der Waals surface area contributed by atoms with Crippen molar-refractivity contribution in [3.05, 3.63) is 75.5 Å². The number of carbonyl (C=O) groups is 1. The first kappa shape index (κ1) is 25.0. The molecule has 0 aliphatic carbocycles. The van der Waals surface area contributed by atoms with Gasteiger partial charge in [-0.15, -0.1) is 0 Å². The number of nitrogens with zero attached hydrogens (tertiary/aromatic N) is 5. The van der Waals surface area contributed by atoms with Crippen molar-refractivity contribution in [3.63, 3.8) is 0 Å². The van der Waals surface area contributed by atoms with Gasteiger partial charge in [-0.05, 0) is 69.1 Å². The fraction of sp³-hybridized carbons (Fsp3) is 0.348. The van der Waals surface area contributed by atoms with Crippen molar-refractivity contribution in [2.24, 2.45) is 0 Å². The smallest absolute Gasteiger partial charge is 0.319 e. The number of halogens is 2. The molecule has 1 aromatic heterocycles. The number of carbonyl (C=O) groups excluding carboxylic acids is 1. The average Bonchev–Trinajstić information content (AvgIpc) is 3.10. The van der Waals surface area contributed by atoms with Crippen molar-refractivity contribution >= 4 is 29.8 Å². The largest absolute Gasteiger partial charge is 0.468 e. The second-order valence-corrected chi connectivity index (χ2v) is 8.66. The van der Waals surface area contributed by atoms with Crippen LogP contribution in [0, 0.1) is 10.6 Å². The van der Waals surface area contributed by atoms with E-state index in [9.17, 15) is 9.18 Å². The third-order valence-corrected chi connectivity index (χ3v) is 6.13. The summed E-state index contributed by atoms with van der Waals surface area (Å²) in [6, 6.07) is 13.5. The molecule has 1 unspecified atom stereocenters. The van der Waals surface area contributed by atoms with Crippen molar-refractivity contribution in [3.8, 4) is 5.69 Å². The maximum absolute atomic E-state index is 13.5. The highest BCUT2D eigenvalue weighted by atomic mass is 35.5. The summed E-state index contributed by atoms with van der Waals surface area (Å²) >= 11 is 12.1. The Morgan fingerprint density at radius 2 is 1.88 bits per heavy atom. The highest BCUT2D eigenvalue weighted by Gasteiger charge is 2.22. The average molecular weight is 492 g/mol. The van der Waals surface area contributed by atoms with E-state index >= 15 is 0 Å². The molecule has 2 aromatic carbocycles. The molecule has 0 bridgehead atoms. The molecule has 0 saturated heterocycles. The summed E-state index contributed by atoms with van der Waals surface area (Å²) in [7, 11) is 5.24. The summed E-state index contributed by atoms with van der Waals surface area (Å²) < 4.78 is 22.3. The number of benzene rings is 2. The van der Waals surface area contributed by atoms with Crippen molar-refractivity contribution in [2.75, 3.05) is 27.7 Å². The quantitative estimate of drug-likeness (QED) is 0.325.